The summed E-state index contributed by atoms with van der Waals surface area (Å²) in [7, 11) is 0. The molecule has 3 aromatic rings. The van der Waals surface area contributed by atoms with Gasteiger partial charge in [0.15, 0.2) is 6.29 Å². The van der Waals surface area contributed by atoms with Gasteiger partial charge in [-0.1, -0.05) is 18.2 Å². The van der Waals surface area contributed by atoms with Gasteiger partial charge in [0.2, 0.25) is 5.43 Å². The predicted molar refractivity (Wildman–Crippen MR) is 61.8 cm³/mol. The Kier molecular flexibility index (Phi) is 1.71. The van der Waals surface area contributed by atoms with Crippen molar-refractivity contribution in [2.75, 3.05) is 0 Å². The quantitative estimate of drug-likeness (QED) is 0.604. The van der Waals surface area contributed by atoms with Crippen LogP contribution in [0.1, 0.15) is 10.5 Å². The second-order valence-electron chi connectivity index (χ2n) is 3.63. The van der Waals surface area contributed by atoms with E-state index in [9.17, 15) is 9.59 Å². The molecule has 0 aliphatic rings. The minimum atomic E-state index is -0.174. The molecule has 2 N–H and O–H groups in total. The smallest absolute Gasteiger partial charge is 0.206 e. The molecule has 4 heteroatoms. The fourth-order valence-corrected chi connectivity index (χ4v) is 1.91. The first-order valence-corrected chi connectivity index (χ1v) is 4.88. The number of nitrogens with one attached hydrogen (secondary N) is 2. The molecule has 0 atom stereocenters. The van der Waals surface area contributed by atoms with Crippen LogP contribution in [0.2, 0.25) is 0 Å². The van der Waals surface area contributed by atoms with Crippen LogP contribution in [0, 0.1) is 0 Å². The Balaban J connectivity index is 2.61. The lowest BCUT2D eigenvalue weighted by Crippen LogP contribution is -2.03. The molecular weight excluding hydrogens is 204 g/mol. The number of H-pyrrole nitrogens is 2. The number of rotatable bonds is 1. The number of para-hydroxylation sites is 1. The van der Waals surface area contributed by atoms with Crippen molar-refractivity contribution in [3.05, 3.63) is 46.2 Å². The molecule has 78 valence electrons. The Hall–Kier alpha value is -2.36. The monoisotopic (exact) mass is 212 g/mol. The van der Waals surface area contributed by atoms with E-state index in [1.54, 1.807) is 0 Å². The first kappa shape index (κ1) is 8.91. The highest BCUT2D eigenvalue weighted by Crippen LogP contribution is 2.20. The third kappa shape index (κ3) is 1.10. The molecule has 0 fully saturated rings. The fourth-order valence-electron chi connectivity index (χ4n) is 1.91. The summed E-state index contributed by atoms with van der Waals surface area (Å²) in [5, 5.41) is 0.915. The number of carbonyl (C=O) groups is 1. The molecule has 3 rings (SSSR count). The maximum Gasteiger partial charge on any atom is 0.206 e. The minimum Gasteiger partial charge on any atom is -0.350 e. The van der Waals surface area contributed by atoms with Crippen molar-refractivity contribution in [3.63, 3.8) is 0 Å². The number of pyridine rings is 1. The highest BCUT2D eigenvalue weighted by Gasteiger charge is 2.07. The number of fused-ring (bicyclic) bond motifs is 3. The van der Waals surface area contributed by atoms with Crippen LogP contribution in [0.15, 0.2) is 35.1 Å². The van der Waals surface area contributed by atoms with Crippen molar-refractivity contribution < 1.29 is 4.79 Å². The summed E-state index contributed by atoms with van der Waals surface area (Å²) in [6, 6.07) is 8.87. The van der Waals surface area contributed by atoms with Gasteiger partial charge in [-0.25, -0.2) is 0 Å². The van der Waals surface area contributed by atoms with E-state index in [2.05, 4.69) is 9.97 Å². The van der Waals surface area contributed by atoms with Crippen LogP contribution in [0.4, 0.5) is 0 Å². The Morgan fingerprint density at radius 2 is 1.88 bits per heavy atom. The zero-order chi connectivity index (χ0) is 11.1. The van der Waals surface area contributed by atoms with Crippen LogP contribution in [-0.2, 0) is 0 Å². The minimum absolute atomic E-state index is 0.174. The number of carbonyl (C=O) groups excluding carboxylic acids is 1. The normalized spacial score (nSPS) is 11.0. The van der Waals surface area contributed by atoms with E-state index in [1.807, 2.05) is 24.3 Å². The molecule has 0 unspecified atom stereocenters. The molecule has 0 amide bonds. The van der Waals surface area contributed by atoms with Crippen LogP contribution in [0.3, 0.4) is 0 Å². The first-order chi connectivity index (χ1) is 7.79. The number of benzene rings is 1. The molecule has 4 nitrogen and oxygen atoms in total. The maximum absolute atomic E-state index is 11.7. The molecule has 0 radical (unpaired) electrons. The van der Waals surface area contributed by atoms with Crippen molar-refractivity contribution in [1.29, 1.82) is 0 Å². The van der Waals surface area contributed by atoms with Gasteiger partial charge in [-0.3, -0.25) is 9.59 Å². The Morgan fingerprint density at radius 3 is 2.69 bits per heavy atom. The standard InChI is InChI=1S/C12H8N2O2/c15-6-7-5-10(16)12-11(13-7)8-3-1-2-4-9(8)14-12/h1-6,14H,(H,13,16). The Labute approximate surface area is 89.9 Å². The number of hydrogen-bond donors (Lipinski definition) is 2. The average molecular weight is 212 g/mol. The van der Waals surface area contributed by atoms with Gasteiger partial charge in [0.05, 0.1) is 11.2 Å². The molecule has 0 saturated heterocycles. The second kappa shape index (κ2) is 3.06. The highest BCUT2D eigenvalue weighted by molar-refractivity contribution is 6.05. The van der Waals surface area contributed by atoms with Crippen LogP contribution in [0.25, 0.3) is 21.9 Å². The lowest BCUT2D eigenvalue weighted by molar-refractivity contribution is 0.111. The number of aromatic nitrogens is 2. The third-order valence-electron chi connectivity index (χ3n) is 2.64. The molecular formula is C12H8N2O2. The number of hydrogen-bond acceptors (Lipinski definition) is 2. The molecule has 2 heterocycles. The van der Waals surface area contributed by atoms with Gasteiger partial charge in [-0.15, -0.1) is 0 Å². The lowest BCUT2D eigenvalue weighted by atomic mass is 10.2. The molecule has 0 aliphatic carbocycles. The van der Waals surface area contributed by atoms with Crippen molar-refractivity contribution in [1.82, 2.24) is 9.97 Å². The molecule has 2 aromatic heterocycles. The van der Waals surface area contributed by atoms with Crippen molar-refractivity contribution >= 4 is 28.2 Å². The van der Waals surface area contributed by atoms with E-state index in [4.69, 9.17) is 0 Å². The van der Waals surface area contributed by atoms with E-state index < -0.39 is 0 Å². The lowest BCUT2D eigenvalue weighted by Gasteiger charge is -1.93. The summed E-state index contributed by atoms with van der Waals surface area (Å²) in [6.45, 7) is 0. The summed E-state index contributed by atoms with van der Waals surface area (Å²) in [6.07, 6.45) is 0.641. The largest absolute Gasteiger partial charge is 0.350 e. The van der Waals surface area contributed by atoms with E-state index in [1.165, 1.54) is 6.07 Å². The molecule has 0 saturated carbocycles. The van der Waals surface area contributed by atoms with E-state index in [0.29, 0.717) is 23.0 Å². The molecule has 0 aliphatic heterocycles. The molecule has 16 heavy (non-hydrogen) atoms. The SMILES string of the molecule is O=Cc1cc(=O)c2[nH]c3ccccc3c2[nH]1. The third-order valence-corrected chi connectivity index (χ3v) is 2.64. The van der Waals surface area contributed by atoms with Gasteiger partial charge in [-0.2, -0.15) is 0 Å². The van der Waals surface area contributed by atoms with Crippen LogP contribution < -0.4 is 5.43 Å². The van der Waals surface area contributed by atoms with Gasteiger partial charge in [0.1, 0.15) is 5.52 Å². The zero-order valence-electron chi connectivity index (χ0n) is 8.28. The Bertz CT molecular complexity index is 752. The summed E-state index contributed by atoms with van der Waals surface area (Å²) in [4.78, 5) is 28.4. The van der Waals surface area contributed by atoms with Gasteiger partial charge in [0.25, 0.3) is 0 Å². The van der Waals surface area contributed by atoms with Crippen molar-refractivity contribution in [2.45, 2.75) is 0 Å². The summed E-state index contributed by atoms with van der Waals surface area (Å²) in [5.41, 5.74) is 2.19. The van der Waals surface area contributed by atoms with Crippen molar-refractivity contribution in [3.8, 4) is 0 Å². The van der Waals surface area contributed by atoms with Gasteiger partial charge >= 0.3 is 0 Å². The summed E-state index contributed by atoms with van der Waals surface area (Å²) in [5.74, 6) is 0. The number of aldehydes is 1. The van der Waals surface area contributed by atoms with Gasteiger partial charge in [0, 0.05) is 17.0 Å². The maximum atomic E-state index is 11.7. The van der Waals surface area contributed by atoms with Crippen LogP contribution in [0.5, 0.6) is 0 Å². The summed E-state index contributed by atoms with van der Waals surface area (Å²) >= 11 is 0. The van der Waals surface area contributed by atoms with E-state index in [-0.39, 0.29) is 5.43 Å². The first-order valence-electron chi connectivity index (χ1n) is 4.88. The molecule has 0 spiro atoms. The zero-order valence-corrected chi connectivity index (χ0v) is 8.28. The summed E-state index contributed by atoms with van der Waals surface area (Å²) < 4.78 is 0. The predicted octanol–water partition coefficient (Wildman–Crippen LogP) is 1.82. The molecule has 1 aromatic carbocycles. The van der Waals surface area contributed by atoms with Crippen molar-refractivity contribution in [2.24, 2.45) is 0 Å². The second-order valence-corrected chi connectivity index (χ2v) is 3.63. The fraction of sp³-hybridized carbons (Fsp3) is 0. The van der Waals surface area contributed by atoms with E-state index in [0.717, 1.165) is 10.9 Å². The van der Waals surface area contributed by atoms with Gasteiger partial charge < -0.3 is 9.97 Å². The number of aromatic amines is 2. The Morgan fingerprint density at radius 1 is 1.06 bits per heavy atom. The van der Waals surface area contributed by atoms with E-state index >= 15 is 0 Å². The topological polar surface area (TPSA) is 65.7 Å². The van der Waals surface area contributed by atoms with Crippen LogP contribution in [-0.4, -0.2) is 16.3 Å². The van der Waals surface area contributed by atoms with Crippen LogP contribution >= 0.6 is 0 Å². The molecule has 0 bridgehead atoms. The van der Waals surface area contributed by atoms with Gasteiger partial charge in [-0.05, 0) is 6.07 Å². The highest BCUT2D eigenvalue weighted by atomic mass is 16.1. The average Bonchev–Trinajstić information content (AvgIpc) is 2.68.